The van der Waals surface area contributed by atoms with Gasteiger partial charge in [0.15, 0.2) is 0 Å². The summed E-state index contributed by atoms with van der Waals surface area (Å²) in [6.45, 7) is 0.927. The normalized spacial score (nSPS) is 23.2. The highest BCUT2D eigenvalue weighted by Gasteiger charge is 2.33. The lowest BCUT2D eigenvalue weighted by Crippen LogP contribution is -2.34. The van der Waals surface area contributed by atoms with Crippen LogP contribution in [0.15, 0.2) is 53.4 Å². The van der Waals surface area contributed by atoms with Gasteiger partial charge in [-0.2, -0.15) is 4.31 Å². The molecule has 0 bridgehead atoms. The van der Waals surface area contributed by atoms with Crippen molar-refractivity contribution in [3.63, 3.8) is 0 Å². The van der Waals surface area contributed by atoms with Crippen molar-refractivity contribution < 1.29 is 26.7 Å². The van der Waals surface area contributed by atoms with Crippen LogP contribution in [0.3, 0.4) is 0 Å². The Labute approximate surface area is 230 Å². The molecule has 0 aromatic heterocycles. The van der Waals surface area contributed by atoms with Crippen molar-refractivity contribution in [3.05, 3.63) is 65.7 Å². The summed E-state index contributed by atoms with van der Waals surface area (Å²) >= 11 is 0. The predicted octanol–water partition coefficient (Wildman–Crippen LogP) is 4.36. The van der Waals surface area contributed by atoms with Gasteiger partial charge >= 0.3 is 0 Å². The smallest absolute Gasteiger partial charge is 0.246 e. The first-order chi connectivity index (χ1) is 18.6. The lowest BCUT2D eigenvalue weighted by atomic mass is 9.75. The molecule has 2 aromatic rings. The molecule has 0 radical (unpaired) electrons. The topological polar surface area (TPSA) is 79.0 Å². The van der Waals surface area contributed by atoms with Crippen LogP contribution in [-0.4, -0.2) is 70.0 Å². The largest absolute Gasteiger partial charge is 0.367 e. The summed E-state index contributed by atoms with van der Waals surface area (Å²) in [5.41, 5.74) is 1.02. The Bertz CT molecular complexity index is 1200. The van der Waals surface area contributed by atoms with Crippen molar-refractivity contribution in [1.29, 1.82) is 0 Å². The van der Waals surface area contributed by atoms with E-state index in [4.69, 9.17) is 4.74 Å². The summed E-state index contributed by atoms with van der Waals surface area (Å²) in [6, 6.07) is 11.9. The fraction of sp³-hybridized carbons (Fsp3) is 0.552. The number of benzene rings is 2. The monoisotopic (exact) mass is 563 g/mol. The fourth-order valence-corrected chi connectivity index (χ4v) is 7.43. The molecule has 1 N–H and O–H groups in total. The van der Waals surface area contributed by atoms with Crippen LogP contribution in [0.2, 0.25) is 0 Å². The Hall–Kier alpha value is -2.40. The van der Waals surface area contributed by atoms with Gasteiger partial charge in [-0.3, -0.25) is 4.79 Å². The molecule has 4 rings (SSSR count). The second kappa shape index (κ2) is 13.3. The molecule has 7 nitrogen and oxygen atoms in total. The minimum atomic E-state index is -3.72. The molecule has 0 spiro atoms. The van der Waals surface area contributed by atoms with E-state index in [0.717, 1.165) is 49.8 Å². The number of hydrogen-bond donors (Lipinski definition) is 1. The van der Waals surface area contributed by atoms with Crippen molar-refractivity contribution >= 4 is 15.9 Å². The predicted molar refractivity (Wildman–Crippen MR) is 145 cm³/mol. The van der Waals surface area contributed by atoms with Crippen LogP contribution in [0.4, 0.5) is 8.78 Å². The fourth-order valence-electron chi connectivity index (χ4n) is 5.94. The summed E-state index contributed by atoms with van der Waals surface area (Å²) in [7, 11) is 0.378. The minimum Gasteiger partial charge on any atom is -0.367 e. The Morgan fingerprint density at radius 2 is 1.77 bits per heavy atom. The molecule has 2 aliphatic rings. The third-order valence-electron chi connectivity index (χ3n) is 7.97. The number of carbonyl (C=O) groups is 1. The first kappa shape index (κ1) is 29.6. The number of amides is 1. The minimum absolute atomic E-state index is 0.0440. The number of carbonyl (C=O) groups excluding carboxylic acids is 1. The molecule has 214 valence electrons. The van der Waals surface area contributed by atoms with Gasteiger partial charge in [0.25, 0.3) is 0 Å². The maximum Gasteiger partial charge on any atom is 0.246 e. The summed E-state index contributed by atoms with van der Waals surface area (Å²) in [4.78, 5) is 14.6. The van der Waals surface area contributed by atoms with Gasteiger partial charge in [-0.05, 0) is 93.6 Å². The van der Waals surface area contributed by atoms with Crippen LogP contribution in [0.5, 0.6) is 0 Å². The second-order valence-corrected chi connectivity index (χ2v) is 12.9. The third-order valence-corrected chi connectivity index (χ3v) is 9.85. The van der Waals surface area contributed by atoms with E-state index in [0.29, 0.717) is 31.3 Å². The zero-order chi connectivity index (χ0) is 28.0. The Morgan fingerprint density at radius 1 is 1.05 bits per heavy atom. The Morgan fingerprint density at radius 3 is 2.44 bits per heavy atom. The number of hydrogen-bond acceptors (Lipinski definition) is 5. The molecule has 1 saturated carbocycles. The molecule has 1 amide bonds. The molecule has 2 unspecified atom stereocenters. The highest BCUT2D eigenvalue weighted by molar-refractivity contribution is 7.89. The highest BCUT2D eigenvalue weighted by Crippen LogP contribution is 2.40. The van der Waals surface area contributed by atoms with Crippen LogP contribution in [-0.2, 0) is 19.6 Å². The van der Waals surface area contributed by atoms with E-state index in [-0.39, 0.29) is 41.9 Å². The molecule has 2 fully saturated rings. The van der Waals surface area contributed by atoms with Gasteiger partial charge in [0.05, 0.1) is 11.0 Å². The maximum atomic E-state index is 13.8. The standard InChI is InChI=1S/C29H39F2N3O4S/c1-33(2)29(23-4-3-5-25(31)18-23)22-8-6-21(7-9-22)14-16-32-28(35)20-38-26-15-17-34(19-26)39(36,37)27-12-10-24(30)11-13-27/h3-5,10-13,18,21-22,26,29H,6-9,14-17,19-20H2,1-2H3,(H,32,35). The summed E-state index contributed by atoms with van der Waals surface area (Å²) in [5.74, 6) is 0.112. The van der Waals surface area contributed by atoms with Crippen LogP contribution >= 0.6 is 0 Å². The van der Waals surface area contributed by atoms with E-state index in [2.05, 4.69) is 10.2 Å². The molecular formula is C29H39F2N3O4S. The van der Waals surface area contributed by atoms with Gasteiger partial charge in [-0.1, -0.05) is 25.0 Å². The van der Waals surface area contributed by atoms with E-state index in [1.54, 1.807) is 12.1 Å². The van der Waals surface area contributed by atoms with Crippen molar-refractivity contribution in [3.8, 4) is 0 Å². The van der Waals surface area contributed by atoms with Crippen molar-refractivity contribution in [2.24, 2.45) is 11.8 Å². The number of ether oxygens (including phenoxy) is 1. The van der Waals surface area contributed by atoms with Crippen molar-refractivity contribution in [1.82, 2.24) is 14.5 Å². The number of nitrogens with one attached hydrogen (secondary N) is 1. The quantitative estimate of drug-likeness (QED) is 0.440. The van der Waals surface area contributed by atoms with Gasteiger partial charge in [0.2, 0.25) is 15.9 Å². The molecule has 1 heterocycles. The number of nitrogens with zero attached hydrogens (tertiary/aromatic N) is 2. The molecule has 1 saturated heterocycles. The third kappa shape index (κ3) is 7.84. The van der Waals surface area contributed by atoms with Gasteiger partial charge in [-0.25, -0.2) is 17.2 Å². The van der Waals surface area contributed by atoms with Crippen LogP contribution in [0.25, 0.3) is 0 Å². The average molecular weight is 564 g/mol. The second-order valence-electron chi connectivity index (χ2n) is 10.9. The summed E-state index contributed by atoms with van der Waals surface area (Å²) < 4.78 is 59.5. The maximum absolute atomic E-state index is 13.8. The molecule has 1 aliphatic heterocycles. The van der Waals surface area contributed by atoms with E-state index >= 15 is 0 Å². The van der Waals surface area contributed by atoms with Gasteiger partial charge in [0.1, 0.15) is 18.2 Å². The Kier molecular flexibility index (Phi) is 10.1. The molecule has 2 aromatic carbocycles. The van der Waals surface area contributed by atoms with Gasteiger partial charge in [-0.15, -0.1) is 0 Å². The SMILES string of the molecule is CN(C)C(c1cccc(F)c1)C1CCC(CCNC(=O)COC2CCN(S(=O)(=O)c3ccc(F)cc3)C2)CC1. The molecule has 10 heteroatoms. The van der Waals surface area contributed by atoms with E-state index in [1.165, 1.54) is 22.5 Å². The van der Waals surface area contributed by atoms with Gasteiger partial charge < -0.3 is 15.0 Å². The zero-order valence-corrected chi connectivity index (χ0v) is 23.5. The highest BCUT2D eigenvalue weighted by atomic mass is 32.2. The van der Waals surface area contributed by atoms with E-state index < -0.39 is 15.8 Å². The van der Waals surface area contributed by atoms with Crippen LogP contribution in [0, 0.1) is 23.5 Å². The van der Waals surface area contributed by atoms with Crippen LogP contribution < -0.4 is 5.32 Å². The molecule has 2 atom stereocenters. The zero-order valence-electron chi connectivity index (χ0n) is 22.7. The lowest BCUT2D eigenvalue weighted by molar-refractivity contribution is -0.127. The number of sulfonamides is 1. The van der Waals surface area contributed by atoms with Crippen LogP contribution in [0.1, 0.15) is 50.1 Å². The van der Waals surface area contributed by atoms with Crippen molar-refractivity contribution in [2.45, 2.75) is 55.6 Å². The Balaban J connectivity index is 1.14. The van der Waals surface area contributed by atoms with Gasteiger partial charge in [0, 0.05) is 25.7 Å². The van der Waals surface area contributed by atoms with Crippen molar-refractivity contribution in [2.75, 3.05) is 40.3 Å². The molecule has 1 aliphatic carbocycles. The molecule has 39 heavy (non-hydrogen) atoms. The number of rotatable bonds is 11. The lowest BCUT2D eigenvalue weighted by Gasteiger charge is -2.37. The first-order valence-electron chi connectivity index (χ1n) is 13.7. The summed E-state index contributed by atoms with van der Waals surface area (Å²) in [6.07, 6.45) is 5.34. The molecular weight excluding hydrogens is 524 g/mol. The van der Waals surface area contributed by atoms with E-state index in [9.17, 15) is 22.0 Å². The van der Waals surface area contributed by atoms with E-state index in [1.807, 2.05) is 20.2 Å². The average Bonchev–Trinajstić information content (AvgIpc) is 3.39. The number of halogens is 2. The first-order valence-corrected chi connectivity index (χ1v) is 15.1. The summed E-state index contributed by atoms with van der Waals surface area (Å²) in [5, 5.41) is 2.93.